The Morgan fingerprint density at radius 1 is 0.839 bits per heavy atom. The normalized spacial score (nSPS) is 11.1. The number of nitrogens with one attached hydrogen (secondary N) is 3. The molecule has 0 unspecified atom stereocenters. The number of anilines is 2. The Morgan fingerprint density at radius 3 is 1.90 bits per heavy atom. The van der Waals surface area contributed by atoms with Crippen LogP contribution in [0.1, 0.15) is 27.4 Å². The predicted molar refractivity (Wildman–Crippen MR) is 117 cm³/mol. The minimum Gasteiger partial charge on any atom is -0.349 e. The van der Waals surface area contributed by atoms with Gasteiger partial charge in [0.1, 0.15) is 11.6 Å². The van der Waals surface area contributed by atoms with Crippen LogP contribution in [0, 0.1) is 0 Å². The number of hydrogen-bond donors (Lipinski definition) is 3. The molecule has 0 fully saturated rings. The Kier molecular flexibility index (Phi) is 8.28. The van der Waals surface area contributed by atoms with Gasteiger partial charge in [0, 0.05) is 52.3 Å². The zero-order chi connectivity index (χ0) is 23.1. The second-order valence-corrected chi connectivity index (χ2v) is 7.69. The molecule has 12 nitrogen and oxygen atoms in total. The van der Waals surface area contributed by atoms with Crippen LogP contribution in [0.25, 0.3) is 0 Å². The van der Waals surface area contributed by atoms with Gasteiger partial charge in [-0.25, -0.2) is 0 Å². The van der Waals surface area contributed by atoms with Crippen molar-refractivity contribution in [3.05, 3.63) is 23.5 Å². The molecule has 2 aromatic rings. The van der Waals surface area contributed by atoms with Gasteiger partial charge in [0.2, 0.25) is 5.91 Å². The topological polar surface area (TPSA) is 129 Å². The number of aryl methyl sites for hydroxylation is 2. The minimum absolute atomic E-state index is 0.128. The fourth-order valence-electron chi connectivity index (χ4n) is 2.58. The van der Waals surface area contributed by atoms with Crippen LogP contribution in [-0.2, 0) is 18.9 Å². The fourth-order valence-corrected chi connectivity index (χ4v) is 2.58. The molecule has 0 aliphatic carbocycles. The second kappa shape index (κ2) is 10.7. The quantitative estimate of drug-likeness (QED) is 0.464. The van der Waals surface area contributed by atoms with E-state index in [9.17, 15) is 14.4 Å². The third kappa shape index (κ3) is 7.19. The Hall–Kier alpha value is -3.25. The van der Waals surface area contributed by atoms with Gasteiger partial charge in [-0.3, -0.25) is 23.7 Å². The van der Waals surface area contributed by atoms with Crippen LogP contribution < -0.4 is 16.0 Å². The fraction of sp³-hybridized carbons (Fsp3) is 0.526. The average molecular weight is 434 g/mol. The predicted octanol–water partition coefficient (Wildman–Crippen LogP) is -0.412. The van der Waals surface area contributed by atoms with Crippen LogP contribution in [0.4, 0.5) is 11.6 Å². The summed E-state index contributed by atoms with van der Waals surface area (Å²) in [5.74, 6) is -0.199. The molecule has 0 bridgehead atoms. The highest BCUT2D eigenvalue weighted by Crippen LogP contribution is 2.14. The first kappa shape index (κ1) is 24.0. The van der Waals surface area contributed by atoms with Gasteiger partial charge in [-0.05, 0) is 28.2 Å². The van der Waals surface area contributed by atoms with Gasteiger partial charge >= 0.3 is 0 Å². The molecular formula is C19H31N9O3. The van der Waals surface area contributed by atoms with E-state index in [1.807, 2.05) is 38.0 Å². The number of likely N-dealkylation sites (N-methyl/N-ethyl adjacent to an activating group) is 1. The van der Waals surface area contributed by atoms with Crippen molar-refractivity contribution in [2.45, 2.75) is 6.42 Å². The SMILES string of the molecule is CN(C)CCNC(=O)c1cc(NC(=O)c2cc(NC(=O)CCN(C)C)n(C)n2)n(C)n1. The summed E-state index contributed by atoms with van der Waals surface area (Å²) < 4.78 is 2.83. The zero-order valence-electron chi connectivity index (χ0n) is 18.9. The summed E-state index contributed by atoms with van der Waals surface area (Å²) in [6.07, 6.45) is 0.327. The summed E-state index contributed by atoms with van der Waals surface area (Å²) >= 11 is 0. The monoisotopic (exact) mass is 433 g/mol. The van der Waals surface area contributed by atoms with Crippen LogP contribution in [0.5, 0.6) is 0 Å². The number of amides is 3. The van der Waals surface area contributed by atoms with Crippen molar-refractivity contribution < 1.29 is 14.4 Å². The number of carbonyl (C=O) groups excluding carboxylic acids is 3. The van der Waals surface area contributed by atoms with Crippen molar-refractivity contribution in [2.75, 3.05) is 58.5 Å². The van der Waals surface area contributed by atoms with E-state index in [1.165, 1.54) is 21.5 Å². The number of rotatable bonds is 10. The van der Waals surface area contributed by atoms with Crippen LogP contribution in [0.2, 0.25) is 0 Å². The molecule has 3 N–H and O–H groups in total. The molecule has 12 heteroatoms. The van der Waals surface area contributed by atoms with Gasteiger partial charge < -0.3 is 25.8 Å². The Balaban J connectivity index is 2.00. The van der Waals surface area contributed by atoms with E-state index in [-0.39, 0.29) is 23.2 Å². The molecule has 3 amide bonds. The van der Waals surface area contributed by atoms with E-state index in [4.69, 9.17) is 0 Å². The molecular weight excluding hydrogens is 402 g/mol. The Morgan fingerprint density at radius 2 is 1.35 bits per heavy atom. The van der Waals surface area contributed by atoms with Gasteiger partial charge in [-0.1, -0.05) is 0 Å². The molecule has 170 valence electrons. The molecule has 31 heavy (non-hydrogen) atoms. The molecule has 0 radical (unpaired) electrons. The van der Waals surface area contributed by atoms with E-state index in [0.717, 1.165) is 0 Å². The first-order chi connectivity index (χ1) is 14.6. The molecule has 2 heterocycles. The standard InChI is InChI=1S/C19H31N9O3/c1-25(2)9-7-17(29)21-15-12-14(24-27(15)5)19(31)22-16-11-13(23-28(16)6)18(30)20-8-10-26(3)4/h11-12H,7-10H2,1-6H3,(H,20,30)(H,21,29)(H,22,31). The highest BCUT2D eigenvalue weighted by molar-refractivity contribution is 6.04. The highest BCUT2D eigenvalue weighted by Gasteiger charge is 2.18. The van der Waals surface area contributed by atoms with Gasteiger partial charge in [0.15, 0.2) is 11.4 Å². The zero-order valence-corrected chi connectivity index (χ0v) is 18.9. The molecule has 0 atom stereocenters. The molecule has 0 saturated heterocycles. The van der Waals surface area contributed by atoms with Crippen LogP contribution >= 0.6 is 0 Å². The van der Waals surface area contributed by atoms with E-state index < -0.39 is 5.91 Å². The number of hydrogen-bond acceptors (Lipinski definition) is 7. The molecule has 0 aliphatic rings. The second-order valence-electron chi connectivity index (χ2n) is 7.69. The van der Waals surface area contributed by atoms with E-state index in [2.05, 4.69) is 26.1 Å². The smallest absolute Gasteiger partial charge is 0.277 e. The van der Waals surface area contributed by atoms with E-state index in [0.29, 0.717) is 37.7 Å². The van der Waals surface area contributed by atoms with E-state index >= 15 is 0 Å². The molecule has 0 saturated carbocycles. The average Bonchev–Trinajstić information content (AvgIpc) is 3.22. The largest absolute Gasteiger partial charge is 0.349 e. The summed E-state index contributed by atoms with van der Waals surface area (Å²) in [7, 11) is 10.9. The van der Waals surface area contributed by atoms with Crippen molar-refractivity contribution in [1.29, 1.82) is 0 Å². The van der Waals surface area contributed by atoms with Crippen LogP contribution in [0.15, 0.2) is 12.1 Å². The maximum atomic E-state index is 12.6. The summed E-state index contributed by atoms with van der Waals surface area (Å²) in [6, 6.07) is 2.99. The lowest BCUT2D eigenvalue weighted by Gasteiger charge is -2.09. The molecule has 0 aromatic carbocycles. The van der Waals surface area contributed by atoms with Gasteiger partial charge in [0.05, 0.1) is 0 Å². The maximum absolute atomic E-state index is 12.6. The summed E-state index contributed by atoms with van der Waals surface area (Å²) in [5.41, 5.74) is 0.329. The van der Waals surface area contributed by atoms with Gasteiger partial charge in [0.25, 0.3) is 11.8 Å². The molecule has 2 aromatic heterocycles. The lowest BCUT2D eigenvalue weighted by Crippen LogP contribution is -2.31. The number of nitrogens with zero attached hydrogens (tertiary/aromatic N) is 6. The first-order valence-corrected chi connectivity index (χ1v) is 9.83. The lowest BCUT2D eigenvalue weighted by atomic mass is 10.3. The van der Waals surface area contributed by atoms with Crippen molar-refractivity contribution in [3.63, 3.8) is 0 Å². The Bertz CT molecular complexity index is 930. The van der Waals surface area contributed by atoms with Crippen molar-refractivity contribution in [1.82, 2.24) is 34.7 Å². The Labute approximate surface area is 181 Å². The summed E-state index contributed by atoms with van der Waals surface area (Å²) in [5, 5.41) is 16.5. The third-order valence-corrected chi connectivity index (χ3v) is 4.36. The molecule has 2 rings (SSSR count). The molecule has 0 spiro atoms. The minimum atomic E-state index is -0.480. The van der Waals surface area contributed by atoms with Crippen molar-refractivity contribution in [3.8, 4) is 0 Å². The summed E-state index contributed by atoms with van der Waals surface area (Å²) in [4.78, 5) is 40.7. The maximum Gasteiger partial charge on any atom is 0.277 e. The van der Waals surface area contributed by atoms with Crippen LogP contribution in [0.3, 0.4) is 0 Å². The van der Waals surface area contributed by atoms with Crippen LogP contribution in [-0.4, -0.2) is 94.9 Å². The lowest BCUT2D eigenvalue weighted by molar-refractivity contribution is -0.116. The van der Waals surface area contributed by atoms with Gasteiger partial charge in [-0.2, -0.15) is 10.2 Å². The first-order valence-electron chi connectivity index (χ1n) is 9.83. The number of aromatic nitrogens is 4. The number of carbonyl (C=O) groups is 3. The van der Waals surface area contributed by atoms with E-state index in [1.54, 1.807) is 14.1 Å². The third-order valence-electron chi connectivity index (χ3n) is 4.36. The van der Waals surface area contributed by atoms with Crippen molar-refractivity contribution >= 4 is 29.4 Å². The highest BCUT2D eigenvalue weighted by atomic mass is 16.2. The van der Waals surface area contributed by atoms with Crippen molar-refractivity contribution in [2.24, 2.45) is 14.1 Å². The summed E-state index contributed by atoms with van der Waals surface area (Å²) in [6.45, 7) is 1.81. The molecule has 0 aliphatic heterocycles. The van der Waals surface area contributed by atoms with Gasteiger partial charge in [-0.15, -0.1) is 0 Å².